The SMILES string of the molecule is CC(C)(C)NS(=O)(=O)[Si](C)(C)C. The highest BCUT2D eigenvalue weighted by Crippen LogP contribution is 2.13. The fraction of sp³-hybridized carbons (Fsp3) is 1.00. The van der Waals surface area contributed by atoms with Crippen molar-refractivity contribution >= 4 is 16.7 Å². The monoisotopic (exact) mass is 209 g/mol. The predicted molar refractivity (Wildman–Crippen MR) is 55.2 cm³/mol. The molecule has 74 valence electrons. The molecule has 0 aromatic heterocycles. The molecule has 0 aliphatic rings. The van der Waals surface area contributed by atoms with Gasteiger partial charge in [-0.3, -0.25) is 0 Å². The first-order chi connectivity index (χ1) is 4.96. The highest BCUT2D eigenvalue weighted by molar-refractivity contribution is 8.20. The van der Waals surface area contributed by atoms with Crippen LogP contribution >= 0.6 is 0 Å². The van der Waals surface area contributed by atoms with Gasteiger partial charge in [-0.15, -0.1) is 0 Å². The van der Waals surface area contributed by atoms with Crippen LogP contribution in [0, 0.1) is 0 Å². The summed E-state index contributed by atoms with van der Waals surface area (Å²) in [6.45, 7) is 11.0. The van der Waals surface area contributed by atoms with Gasteiger partial charge in [0, 0.05) is 5.54 Å². The quantitative estimate of drug-likeness (QED) is 0.701. The van der Waals surface area contributed by atoms with E-state index in [2.05, 4.69) is 4.72 Å². The minimum Gasteiger partial charge on any atom is -0.220 e. The Labute approximate surface area is 76.3 Å². The molecule has 1 N–H and O–H groups in total. The van der Waals surface area contributed by atoms with Crippen molar-refractivity contribution < 1.29 is 8.42 Å². The van der Waals surface area contributed by atoms with Crippen LogP contribution in [-0.2, 0) is 9.47 Å². The summed E-state index contributed by atoms with van der Waals surface area (Å²) >= 11 is 0. The van der Waals surface area contributed by atoms with Crippen molar-refractivity contribution in [1.29, 1.82) is 0 Å². The molecule has 0 bridgehead atoms. The van der Waals surface area contributed by atoms with Gasteiger partial charge in [-0.2, -0.15) is 0 Å². The maximum absolute atomic E-state index is 11.6. The summed E-state index contributed by atoms with van der Waals surface area (Å²) in [5, 5.41) is 0. The molecular formula is C7H19NO2SSi. The topological polar surface area (TPSA) is 46.2 Å². The fourth-order valence-corrected chi connectivity index (χ4v) is 3.51. The van der Waals surface area contributed by atoms with Gasteiger partial charge in [0.15, 0.2) is 9.47 Å². The first-order valence-corrected chi connectivity index (χ1v) is 9.70. The smallest absolute Gasteiger partial charge is 0.205 e. The van der Waals surface area contributed by atoms with Crippen LogP contribution in [0.1, 0.15) is 20.8 Å². The van der Waals surface area contributed by atoms with Gasteiger partial charge in [0.1, 0.15) is 0 Å². The summed E-state index contributed by atoms with van der Waals surface area (Å²) in [6, 6.07) is 0. The molecule has 0 aromatic carbocycles. The van der Waals surface area contributed by atoms with E-state index in [4.69, 9.17) is 0 Å². The second-order valence-electron chi connectivity index (χ2n) is 4.97. The van der Waals surface area contributed by atoms with E-state index in [-0.39, 0.29) is 5.54 Å². The average Bonchev–Trinajstić information content (AvgIpc) is 1.52. The van der Waals surface area contributed by atoms with Crippen LogP contribution in [0.3, 0.4) is 0 Å². The standard InChI is InChI=1S/C7H19NO2SSi/c1-7(2,3)8-11(9,10)12(4,5)6/h8H,1-6H3. The van der Waals surface area contributed by atoms with Gasteiger partial charge >= 0.3 is 0 Å². The lowest BCUT2D eigenvalue weighted by molar-refractivity contribution is 0.498. The van der Waals surface area contributed by atoms with Crippen molar-refractivity contribution in [2.45, 2.75) is 46.0 Å². The van der Waals surface area contributed by atoms with E-state index in [1.807, 2.05) is 40.4 Å². The molecule has 0 amide bonds. The van der Waals surface area contributed by atoms with Crippen LogP contribution in [0.15, 0.2) is 0 Å². The molecule has 0 saturated carbocycles. The van der Waals surface area contributed by atoms with Crippen LogP contribution in [0.25, 0.3) is 0 Å². The lowest BCUT2D eigenvalue weighted by Gasteiger charge is -2.26. The van der Waals surface area contributed by atoms with Crippen molar-refractivity contribution in [2.75, 3.05) is 0 Å². The molecule has 12 heavy (non-hydrogen) atoms. The van der Waals surface area contributed by atoms with Crippen LogP contribution in [0.4, 0.5) is 0 Å². The van der Waals surface area contributed by atoms with Crippen molar-refractivity contribution in [1.82, 2.24) is 4.72 Å². The van der Waals surface area contributed by atoms with E-state index >= 15 is 0 Å². The van der Waals surface area contributed by atoms with E-state index in [9.17, 15) is 8.42 Å². The Balaban J connectivity index is 4.70. The van der Waals surface area contributed by atoms with Crippen molar-refractivity contribution in [3.05, 3.63) is 0 Å². The van der Waals surface area contributed by atoms with Crippen molar-refractivity contribution in [3.8, 4) is 0 Å². The molecule has 5 heteroatoms. The third-order valence-corrected chi connectivity index (χ3v) is 8.88. The molecule has 0 aliphatic carbocycles. The molecule has 0 spiro atoms. The minimum atomic E-state index is -3.07. The summed E-state index contributed by atoms with van der Waals surface area (Å²) in [5.41, 5.74) is -0.362. The van der Waals surface area contributed by atoms with E-state index in [0.717, 1.165) is 0 Å². The number of rotatable bonds is 2. The maximum Gasteiger partial charge on any atom is 0.205 e. The Hall–Kier alpha value is 0.127. The zero-order valence-corrected chi connectivity index (χ0v) is 10.5. The highest BCUT2D eigenvalue weighted by Gasteiger charge is 2.34. The number of hydrogen-bond acceptors (Lipinski definition) is 2. The summed E-state index contributed by atoms with van der Waals surface area (Å²) in [7, 11) is -5.20. The van der Waals surface area contributed by atoms with Crippen LogP contribution in [0.5, 0.6) is 0 Å². The molecule has 0 atom stereocenters. The lowest BCUT2D eigenvalue weighted by atomic mass is 10.1. The molecule has 0 unspecified atom stereocenters. The largest absolute Gasteiger partial charge is 0.220 e. The summed E-state index contributed by atoms with van der Waals surface area (Å²) in [6.07, 6.45) is 0. The normalized spacial score (nSPS) is 14.8. The fourth-order valence-electron chi connectivity index (χ4n) is 0.556. The zero-order valence-electron chi connectivity index (χ0n) is 8.72. The molecule has 0 radical (unpaired) electrons. The molecule has 0 fully saturated rings. The lowest BCUT2D eigenvalue weighted by Crippen LogP contribution is -2.50. The Bertz CT molecular complexity index is 246. The van der Waals surface area contributed by atoms with Gasteiger partial charge < -0.3 is 0 Å². The molecule has 0 saturated heterocycles. The number of nitrogens with one attached hydrogen (secondary N) is 1. The van der Waals surface area contributed by atoms with Gasteiger partial charge in [-0.05, 0) is 20.8 Å². The Morgan fingerprint density at radius 1 is 1.08 bits per heavy atom. The average molecular weight is 209 g/mol. The highest BCUT2D eigenvalue weighted by atomic mass is 32.4. The molecular weight excluding hydrogens is 190 g/mol. The van der Waals surface area contributed by atoms with E-state index in [0.29, 0.717) is 0 Å². The first-order valence-electron chi connectivity index (χ1n) is 3.99. The Morgan fingerprint density at radius 2 is 1.42 bits per heavy atom. The molecule has 3 nitrogen and oxygen atoms in total. The van der Waals surface area contributed by atoms with Crippen LogP contribution in [0.2, 0.25) is 19.6 Å². The summed E-state index contributed by atoms with van der Waals surface area (Å²) < 4.78 is 25.9. The van der Waals surface area contributed by atoms with Crippen LogP contribution < -0.4 is 4.72 Å². The Kier molecular flexibility index (Phi) is 3.15. The van der Waals surface area contributed by atoms with E-state index < -0.39 is 16.7 Å². The maximum atomic E-state index is 11.6. The van der Waals surface area contributed by atoms with Gasteiger partial charge in [-0.25, -0.2) is 13.1 Å². The number of hydrogen-bond donors (Lipinski definition) is 1. The van der Waals surface area contributed by atoms with Gasteiger partial charge in [0.05, 0.1) is 0 Å². The van der Waals surface area contributed by atoms with Gasteiger partial charge in [0.25, 0.3) is 0 Å². The van der Waals surface area contributed by atoms with Crippen molar-refractivity contribution in [2.24, 2.45) is 0 Å². The summed E-state index contributed by atoms with van der Waals surface area (Å²) in [5.74, 6) is 0. The predicted octanol–water partition coefficient (Wildman–Crippen LogP) is 1.54. The van der Waals surface area contributed by atoms with E-state index in [1.54, 1.807) is 0 Å². The second kappa shape index (κ2) is 3.12. The Morgan fingerprint density at radius 3 is 1.50 bits per heavy atom. The van der Waals surface area contributed by atoms with Crippen LogP contribution in [-0.4, -0.2) is 21.2 Å². The molecule has 0 rings (SSSR count). The minimum absolute atomic E-state index is 0.362. The summed E-state index contributed by atoms with van der Waals surface area (Å²) in [4.78, 5) is 0. The first kappa shape index (κ1) is 12.1. The zero-order chi connectivity index (χ0) is 10.2. The molecule has 0 aromatic rings. The van der Waals surface area contributed by atoms with E-state index in [1.165, 1.54) is 0 Å². The third-order valence-electron chi connectivity index (χ3n) is 1.25. The van der Waals surface area contributed by atoms with Gasteiger partial charge in [0.2, 0.25) is 7.22 Å². The molecule has 0 heterocycles. The second-order valence-corrected chi connectivity index (χ2v) is 15.7. The van der Waals surface area contributed by atoms with Gasteiger partial charge in [-0.1, -0.05) is 19.6 Å². The van der Waals surface area contributed by atoms with Crippen molar-refractivity contribution in [3.63, 3.8) is 0 Å². The third kappa shape index (κ3) is 3.69. The molecule has 0 aliphatic heterocycles.